The SMILES string of the molecule is Cc1cc(N=Cc2cc(Cl)cc(C)c2O)ccc1NC(=O)c1cc2ccccc2o1. The van der Waals surface area contributed by atoms with Crippen molar-refractivity contribution in [3.05, 3.63) is 88.1 Å². The monoisotopic (exact) mass is 418 g/mol. The molecular formula is C24H19ClN2O3. The molecule has 0 radical (unpaired) electrons. The van der Waals surface area contributed by atoms with Crippen molar-refractivity contribution >= 4 is 46.1 Å². The number of nitrogens with one attached hydrogen (secondary N) is 1. The van der Waals surface area contributed by atoms with Gasteiger partial charge in [-0.2, -0.15) is 0 Å². The van der Waals surface area contributed by atoms with Gasteiger partial charge in [0.15, 0.2) is 5.76 Å². The Morgan fingerprint density at radius 3 is 2.63 bits per heavy atom. The number of phenolic OH excluding ortho intramolecular Hbond substituents is 1. The maximum absolute atomic E-state index is 12.6. The number of amides is 1. The first-order valence-electron chi connectivity index (χ1n) is 9.34. The minimum atomic E-state index is -0.315. The van der Waals surface area contributed by atoms with E-state index in [1.54, 1.807) is 43.5 Å². The number of aromatic hydroxyl groups is 1. The number of rotatable bonds is 4. The van der Waals surface area contributed by atoms with Gasteiger partial charge in [0, 0.05) is 27.9 Å². The van der Waals surface area contributed by atoms with Crippen LogP contribution in [-0.2, 0) is 0 Å². The average molecular weight is 419 g/mol. The summed E-state index contributed by atoms with van der Waals surface area (Å²) in [5.74, 6) is 0.0870. The van der Waals surface area contributed by atoms with E-state index in [1.165, 1.54) is 0 Å². The maximum atomic E-state index is 12.6. The van der Waals surface area contributed by atoms with Gasteiger partial charge in [-0.3, -0.25) is 9.79 Å². The zero-order valence-electron chi connectivity index (χ0n) is 16.4. The van der Waals surface area contributed by atoms with Crippen LogP contribution in [0.15, 0.2) is 70.1 Å². The van der Waals surface area contributed by atoms with Crippen molar-refractivity contribution in [2.45, 2.75) is 13.8 Å². The fraction of sp³-hybridized carbons (Fsp3) is 0.0833. The number of furan rings is 1. The van der Waals surface area contributed by atoms with Gasteiger partial charge in [-0.05, 0) is 67.4 Å². The number of para-hydroxylation sites is 1. The van der Waals surface area contributed by atoms with Gasteiger partial charge in [-0.1, -0.05) is 29.8 Å². The van der Waals surface area contributed by atoms with Crippen LogP contribution >= 0.6 is 11.6 Å². The molecule has 0 aliphatic heterocycles. The Hall–Kier alpha value is -3.57. The summed E-state index contributed by atoms with van der Waals surface area (Å²) in [7, 11) is 0. The first-order valence-corrected chi connectivity index (χ1v) is 9.72. The normalized spacial score (nSPS) is 11.3. The number of carbonyl (C=O) groups excluding carboxylic acids is 1. The Bertz CT molecular complexity index is 1260. The van der Waals surface area contributed by atoms with Crippen LogP contribution in [0.4, 0.5) is 11.4 Å². The van der Waals surface area contributed by atoms with E-state index in [-0.39, 0.29) is 17.4 Å². The molecule has 1 amide bonds. The van der Waals surface area contributed by atoms with Crippen molar-refractivity contribution in [3.8, 4) is 5.75 Å². The predicted molar refractivity (Wildman–Crippen MR) is 120 cm³/mol. The van der Waals surface area contributed by atoms with Gasteiger partial charge in [-0.15, -0.1) is 0 Å². The van der Waals surface area contributed by atoms with Gasteiger partial charge in [0.05, 0.1) is 5.69 Å². The van der Waals surface area contributed by atoms with E-state index >= 15 is 0 Å². The van der Waals surface area contributed by atoms with Crippen LogP contribution in [0.25, 0.3) is 11.0 Å². The van der Waals surface area contributed by atoms with Crippen LogP contribution < -0.4 is 5.32 Å². The van der Waals surface area contributed by atoms with Crippen molar-refractivity contribution < 1.29 is 14.3 Å². The summed E-state index contributed by atoms with van der Waals surface area (Å²) in [5, 5.41) is 14.4. The van der Waals surface area contributed by atoms with Crippen molar-refractivity contribution in [2.75, 3.05) is 5.32 Å². The molecule has 1 heterocycles. The highest BCUT2D eigenvalue weighted by atomic mass is 35.5. The molecule has 30 heavy (non-hydrogen) atoms. The Labute approximate surface area is 178 Å². The Morgan fingerprint density at radius 2 is 1.87 bits per heavy atom. The van der Waals surface area contributed by atoms with Gasteiger partial charge < -0.3 is 14.8 Å². The zero-order chi connectivity index (χ0) is 21.3. The fourth-order valence-corrected chi connectivity index (χ4v) is 3.43. The van der Waals surface area contributed by atoms with E-state index < -0.39 is 0 Å². The second-order valence-corrected chi connectivity index (χ2v) is 7.46. The van der Waals surface area contributed by atoms with E-state index in [0.29, 0.717) is 33.1 Å². The van der Waals surface area contributed by atoms with Crippen LogP contribution in [-0.4, -0.2) is 17.2 Å². The number of carbonyl (C=O) groups is 1. The Morgan fingerprint density at radius 1 is 1.07 bits per heavy atom. The van der Waals surface area contributed by atoms with E-state index in [1.807, 2.05) is 37.3 Å². The summed E-state index contributed by atoms with van der Waals surface area (Å²) >= 11 is 6.05. The molecule has 1 aromatic heterocycles. The number of hydrogen-bond acceptors (Lipinski definition) is 4. The van der Waals surface area contributed by atoms with Crippen LogP contribution in [0.1, 0.15) is 27.2 Å². The van der Waals surface area contributed by atoms with E-state index in [0.717, 1.165) is 10.9 Å². The van der Waals surface area contributed by atoms with Crippen molar-refractivity contribution in [1.29, 1.82) is 0 Å². The standard InChI is InChI=1S/C24H19ClN2O3/c1-14-10-19(26-13-17-11-18(25)9-15(2)23(17)28)7-8-20(14)27-24(29)22-12-16-5-3-4-6-21(16)30-22/h3-13,28H,1-2H3,(H,27,29). The lowest BCUT2D eigenvalue weighted by Crippen LogP contribution is -2.11. The molecule has 5 nitrogen and oxygen atoms in total. The topological polar surface area (TPSA) is 74.8 Å². The van der Waals surface area contributed by atoms with E-state index in [9.17, 15) is 9.90 Å². The minimum absolute atomic E-state index is 0.148. The molecule has 4 rings (SSSR count). The zero-order valence-corrected chi connectivity index (χ0v) is 17.2. The van der Waals surface area contributed by atoms with Gasteiger partial charge in [0.25, 0.3) is 5.91 Å². The molecule has 4 aromatic rings. The third-order valence-corrected chi connectivity index (χ3v) is 4.97. The highest BCUT2D eigenvalue weighted by Crippen LogP contribution is 2.27. The molecule has 0 atom stereocenters. The van der Waals surface area contributed by atoms with Gasteiger partial charge in [-0.25, -0.2) is 0 Å². The number of halogens is 1. The molecule has 0 saturated heterocycles. The molecule has 0 aliphatic carbocycles. The number of nitrogens with zero attached hydrogens (tertiary/aromatic N) is 1. The second kappa shape index (κ2) is 8.05. The number of fused-ring (bicyclic) bond motifs is 1. The molecule has 0 bridgehead atoms. The number of anilines is 1. The fourth-order valence-electron chi connectivity index (χ4n) is 3.15. The van der Waals surface area contributed by atoms with Crippen LogP contribution in [0.5, 0.6) is 5.75 Å². The molecule has 0 saturated carbocycles. The first kappa shape index (κ1) is 19.7. The summed E-state index contributed by atoms with van der Waals surface area (Å²) in [6, 6.07) is 18.0. The molecule has 0 fully saturated rings. The molecule has 6 heteroatoms. The van der Waals surface area contributed by atoms with Gasteiger partial charge in [0.2, 0.25) is 0 Å². The summed E-state index contributed by atoms with van der Waals surface area (Å²) in [6.45, 7) is 3.66. The number of phenols is 1. The smallest absolute Gasteiger partial charge is 0.291 e. The summed E-state index contributed by atoms with van der Waals surface area (Å²) in [4.78, 5) is 17.0. The lowest BCUT2D eigenvalue weighted by Gasteiger charge is -2.08. The summed E-state index contributed by atoms with van der Waals surface area (Å²) in [5.41, 5.74) is 4.10. The molecule has 2 N–H and O–H groups in total. The van der Waals surface area contributed by atoms with Gasteiger partial charge >= 0.3 is 0 Å². The van der Waals surface area contributed by atoms with Crippen molar-refractivity contribution in [1.82, 2.24) is 0 Å². The molecular weight excluding hydrogens is 400 g/mol. The summed E-state index contributed by atoms with van der Waals surface area (Å²) < 4.78 is 5.61. The maximum Gasteiger partial charge on any atom is 0.291 e. The van der Waals surface area contributed by atoms with Crippen molar-refractivity contribution in [2.24, 2.45) is 4.99 Å². The average Bonchev–Trinajstić information content (AvgIpc) is 3.16. The predicted octanol–water partition coefficient (Wildman–Crippen LogP) is 6.41. The minimum Gasteiger partial charge on any atom is -0.507 e. The molecule has 150 valence electrons. The highest BCUT2D eigenvalue weighted by molar-refractivity contribution is 6.31. The Kier molecular flexibility index (Phi) is 5.29. The molecule has 0 unspecified atom stereocenters. The summed E-state index contributed by atoms with van der Waals surface area (Å²) in [6.07, 6.45) is 1.57. The highest BCUT2D eigenvalue weighted by Gasteiger charge is 2.13. The first-order chi connectivity index (χ1) is 14.4. The molecule has 3 aromatic carbocycles. The third-order valence-electron chi connectivity index (χ3n) is 4.75. The van der Waals surface area contributed by atoms with Crippen LogP contribution in [0.2, 0.25) is 5.02 Å². The number of aliphatic imine (C=N–C) groups is 1. The van der Waals surface area contributed by atoms with E-state index in [4.69, 9.17) is 16.0 Å². The number of hydrogen-bond donors (Lipinski definition) is 2. The van der Waals surface area contributed by atoms with E-state index in [2.05, 4.69) is 10.3 Å². The van der Waals surface area contributed by atoms with Crippen LogP contribution in [0.3, 0.4) is 0 Å². The number of aryl methyl sites for hydroxylation is 2. The van der Waals surface area contributed by atoms with Gasteiger partial charge in [0.1, 0.15) is 11.3 Å². The second-order valence-electron chi connectivity index (χ2n) is 7.02. The quantitative estimate of drug-likeness (QED) is 0.376. The van der Waals surface area contributed by atoms with Crippen molar-refractivity contribution in [3.63, 3.8) is 0 Å². The lowest BCUT2D eigenvalue weighted by atomic mass is 10.1. The third kappa shape index (κ3) is 4.07. The Balaban J connectivity index is 1.52. The molecule has 0 spiro atoms. The largest absolute Gasteiger partial charge is 0.507 e. The number of benzene rings is 3. The lowest BCUT2D eigenvalue weighted by molar-refractivity contribution is 0.0998. The van der Waals surface area contributed by atoms with Crippen LogP contribution in [0, 0.1) is 13.8 Å². The molecule has 0 aliphatic rings.